The number of aliphatic carboxylic acids is 1. The van der Waals surface area contributed by atoms with Gasteiger partial charge in [0.2, 0.25) is 0 Å². The van der Waals surface area contributed by atoms with Crippen molar-refractivity contribution in [2.45, 2.75) is 39.8 Å². The number of ether oxygens (including phenoxy) is 2. The van der Waals surface area contributed by atoms with Crippen LogP contribution in [0.15, 0.2) is 66.7 Å². The molecule has 3 aromatic rings. The first-order valence-electron chi connectivity index (χ1n) is 11.3. The van der Waals surface area contributed by atoms with E-state index in [0.29, 0.717) is 30.2 Å². The van der Waals surface area contributed by atoms with Gasteiger partial charge in [-0.2, -0.15) is 0 Å². The van der Waals surface area contributed by atoms with Crippen molar-refractivity contribution >= 4 is 11.9 Å². The maximum Gasteiger partial charge on any atom is 0.307 e. The molecule has 178 valence electrons. The van der Waals surface area contributed by atoms with Gasteiger partial charge in [-0.3, -0.25) is 9.59 Å². The van der Waals surface area contributed by atoms with Gasteiger partial charge >= 0.3 is 5.97 Å². The van der Waals surface area contributed by atoms with Crippen molar-refractivity contribution in [2.75, 3.05) is 13.7 Å². The first-order chi connectivity index (χ1) is 16.3. The number of aryl methyl sites for hydroxylation is 1. The fraction of sp³-hybridized carbons (Fsp3) is 0.286. The monoisotopic (exact) mass is 461 g/mol. The summed E-state index contributed by atoms with van der Waals surface area (Å²) in [6.07, 6.45) is -0.712. The van der Waals surface area contributed by atoms with E-state index in [4.69, 9.17) is 9.47 Å². The van der Waals surface area contributed by atoms with Crippen LogP contribution in [-0.4, -0.2) is 41.6 Å². The molecule has 0 fully saturated rings. The predicted molar refractivity (Wildman–Crippen MR) is 132 cm³/mol. The Morgan fingerprint density at radius 3 is 2.38 bits per heavy atom. The van der Waals surface area contributed by atoms with Crippen LogP contribution in [0.1, 0.15) is 30.5 Å². The Hall–Kier alpha value is -3.80. The normalized spacial score (nSPS) is 11.5. The van der Waals surface area contributed by atoms with E-state index in [-0.39, 0.29) is 12.3 Å². The molecule has 0 spiro atoms. The molecule has 0 aromatic heterocycles. The summed E-state index contributed by atoms with van der Waals surface area (Å²) in [6, 6.07) is 20.7. The van der Waals surface area contributed by atoms with Crippen molar-refractivity contribution < 1.29 is 24.2 Å². The van der Waals surface area contributed by atoms with Gasteiger partial charge in [-0.15, -0.1) is 0 Å². The van der Waals surface area contributed by atoms with Crippen LogP contribution in [0.3, 0.4) is 0 Å². The molecular formula is C28H31NO5. The topological polar surface area (TPSA) is 76.1 Å². The van der Waals surface area contributed by atoms with Gasteiger partial charge in [0.1, 0.15) is 11.5 Å². The van der Waals surface area contributed by atoms with Gasteiger partial charge in [0, 0.05) is 18.7 Å². The lowest BCUT2D eigenvalue weighted by Crippen LogP contribution is -2.40. The van der Waals surface area contributed by atoms with E-state index >= 15 is 0 Å². The van der Waals surface area contributed by atoms with E-state index in [2.05, 4.69) is 6.07 Å². The number of rotatable bonds is 10. The number of hydrogen-bond donors (Lipinski definition) is 1. The second-order valence-electron chi connectivity index (χ2n) is 8.19. The van der Waals surface area contributed by atoms with Crippen LogP contribution in [-0.2, 0) is 22.6 Å². The van der Waals surface area contributed by atoms with Crippen molar-refractivity contribution in [1.82, 2.24) is 4.90 Å². The predicted octanol–water partition coefficient (Wildman–Crippen LogP) is 5.11. The van der Waals surface area contributed by atoms with E-state index < -0.39 is 12.1 Å². The molecule has 0 aliphatic heterocycles. The van der Waals surface area contributed by atoms with Crippen molar-refractivity contribution in [1.29, 1.82) is 0 Å². The molecule has 0 heterocycles. The van der Waals surface area contributed by atoms with Gasteiger partial charge in [0.05, 0.1) is 13.5 Å². The number of carbonyl (C=O) groups excluding carboxylic acids is 1. The van der Waals surface area contributed by atoms with Gasteiger partial charge in [0.25, 0.3) is 5.91 Å². The van der Waals surface area contributed by atoms with E-state index in [0.717, 1.165) is 22.3 Å². The molecule has 0 bridgehead atoms. The molecule has 3 aromatic carbocycles. The standard InChI is InChI=1S/C28H31NO5/c1-5-29(28(32)20(3)34-23-9-7-6-8-10-23)18-22-15-19(2)11-13-24(22)25-16-21(17-27(30)31)12-14-26(25)33-4/h6-16,20H,5,17-18H2,1-4H3,(H,30,31). The summed E-state index contributed by atoms with van der Waals surface area (Å²) < 4.78 is 11.4. The number of carbonyl (C=O) groups is 2. The van der Waals surface area contributed by atoms with Gasteiger partial charge in [-0.05, 0) is 61.7 Å². The second-order valence-corrected chi connectivity index (χ2v) is 8.19. The molecule has 6 heteroatoms. The van der Waals surface area contributed by atoms with Crippen LogP contribution in [0.5, 0.6) is 11.5 Å². The molecule has 1 unspecified atom stereocenters. The number of benzene rings is 3. The van der Waals surface area contributed by atoms with Crippen molar-refractivity contribution in [3.05, 3.63) is 83.4 Å². The Morgan fingerprint density at radius 2 is 1.74 bits per heavy atom. The van der Waals surface area contributed by atoms with Crippen LogP contribution >= 0.6 is 0 Å². The quantitative estimate of drug-likeness (QED) is 0.454. The summed E-state index contributed by atoms with van der Waals surface area (Å²) in [5.41, 5.74) is 4.40. The van der Waals surface area contributed by atoms with Crippen LogP contribution in [0.2, 0.25) is 0 Å². The molecule has 0 radical (unpaired) electrons. The van der Waals surface area contributed by atoms with E-state index in [9.17, 15) is 14.7 Å². The van der Waals surface area contributed by atoms with Crippen LogP contribution in [0.4, 0.5) is 0 Å². The van der Waals surface area contributed by atoms with E-state index in [1.165, 1.54) is 0 Å². The number of carboxylic acids is 1. The molecule has 0 aliphatic carbocycles. The third kappa shape index (κ3) is 6.16. The number of para-hydroxylation sites is 1. The average molecular weight is 462 g/mol. The first kappa shape index (κ1) is 24.8. The van der Waals surface area contributed by atoms with Gasteiger partial charge in [-0.25, -0.2) is 0 Å². The van der Waals surface area contributed by atoms with Crippen LogP contribution < -0.4 is 9.47 Å². The van der Waals surface area contributed by atoms with Gasteiger partial charge in [0.15, 0.2) is 6.10 Å². The summed E-state index contributed by atoms with van der Waals surface area (Å²) in [5.74, 6) is 0.297. The molecule has 1 amide bonds. The van der Waals surface area contributed by atoms with Crippen molar-refractivity contribution in [3.63, 3.8) is 0 Å². The van der Waals surface area contributed by atoms with Crippen molar-refractivity contribution in [3.8, 4) is 22.6 Å². The molecule has 0 saturated carbocycles. The summed E-state index contributed by atoms with van der Waals surface area (Å²) >= 11 is 0. The van der Waals surface area contributed by atoms with Gasteiger partial charge in [-0.1, -0.05) is 48.0 Å². The number of carboxylic acid groups (broad SMARTS) is 1. The van der Waals surface area contributed by atoms with E-state index in [1.54, 1.807) is 31.1 Å². The highest BCUT2D eigenvalue weighted by molar-refractivity contribution is 5.82. The first-order valence-corrected chi connectivity index (χ1v) is 11.3. The SMILES string of the molecule is CCN(Cc1cc(C)ccc1-c1cc(CC(=O)O)ccc1OC)C(=O)C(C)Oc1ccccc1. The molecule has 34 heavy (non-hydrogen) atoms. The number of methoxy groups -OCH3 is 1. The highest BCUT2D eigenvalue weighted by Crippen LogP contribution is 2.34. The minimum atomic E-state index is -0.893. The van der Waals surface area contributed by atoms with Gasteiger partial charge < -0.3 is 19.5 Å². The maximum atomic E-state index is 13.2. The third-order valence-corrected chi connectivity index (χ3v) is 5.63. The number of hydrogen-bond acceptors (Lipinski definition) is 4. The van der Waals surface area contributed by atoms with Crippen molar-refractivity contribution in [2.24, 2.45) is 0 Å². The largest absolute Gasteiger partial charge is 0.496 e. The van der Waals surface area contributed by atoms with E-state index in [1.807, 2.05) is 62.4 Å². The molecular weight excluding hydrogens is 430 g/mol. The lowest BCUT2D eigenvalue weighted by molar-refractivity contribution is -0.138. The highest BCUT2D eigenvalue weighted by Gasteiger charge is 2.23. The lowest BCUT2D eigenvalue weighted by Gasteiger charge is -2.26. The van der Waals surface area contributed by atoms with Crippen LogP contribution in [0.25, 0.3) is 11.1 Å². The molecule has 3 rings (SSSR count). The summed E-state index contributed by atoms with van der Waals surface area (Å²) in [5, 5.41) is 9.23. The zero-order valence-electron chi connectivity index (χ0n) is 20.1. The number of likely N-dealkylation sites (N-methyl/N-ethyl adjacent to an activating group) is 1. The fourth-order valence-electron chi connectivity index (χ4n) is 3.93. The Morgan fingerprint density at radius 1 is 1.00 bits per heavy atom. The second kappa shape index (κ2) is 11.4. The number of amides is 1. The maximum absolute atomic E-state index is 13.2. The molecule has 1 N–H and O–H groups in total. The Kier molecular flexibility index (Phi) is 8.30. The highest BCUT2D eigenvalue weighted by atomic mass is 16.5. The molecule has 0 saturated heterocycles. The smallest absolute Gasteiger partial charge is 0.307 e. The summed E-state index contributed by atoms with van der Waals surface area (Å²) in [6.45, 7) is 6.61. The Bertz CT molecular complexity index is 1140. The lowest BCUT2D eigenvalue weighted by atomic mass is 9.94. The fourth-order valence-corrected chi connectivity index (χ4v) is 3.93. The molecule has 1 atom stereocenters. The number of nitrogens with zero attached hydrogens (tertiary/aromatic N) is 1. The van der Waals surface area contributed by atoms with Crippen LogP contribution in [0, 0.1) is 6.92 Å². The average Bonchev–Trinajstić information content (AvgIpc) is 2.82. The Labute approximate surface area is 200 Å². The zero-order chi connectivity index (χ0) is 24.7. The Balaban J connectivity index is 1.92. The summed E-state index contributed by atoms with van der Waals surface area (Å²) in [4.78, 5) is 26.2. The minimum Gasteiger partial charge on any atom is -0.496 e. The summed E-state index contributed by atoms with van der Waals surface area (Å²) in [7, 11) is 1.59. The zero-order valence-corrected chi connectivity index (χ0v) is 20.1. The molecule has 6 nitrogen and oxygen atoms in total. The third-order valence-electron chi connectivity index (χ3n) is 5.63. The minimum absolute atomic E-state index is 0.0773. The molecule has 0 aliphatic rings.